The normalized spacial score (nSPS) is 11.1. The predicted molar refractivity (Wildman–Crippen MR) is 90.3 cm³/mol. The lowest BCUT2D eigenvalue weighted by Crippen LogP contribution is -2.42. The molecule has 0 saturated carbocycles. The summed E-state index contributed by atoms with van der Waals surface area (Å²) in [5.41, 5.74) is 5.08. The highest BCUT2D eigenvalue weighted by molar-refractivity contribution is 6.42. The highest BCUT2D eigenvalue weighted by atomic mass is 35.5. The van der Waals surface area contributed by atoms with E-state index in [0.717, 1.165) is 0 Å². The summed E-state index contributed by atoms with van der Waals surface area (Å²) < 4.78 is 5.32. The van der Waals surface area contributed by atoms with Crippen LogP contribution in [-0.2, 0) is 9.59 Å². The molecular formula is C13H18Cl3N3O4. The predicted octanol–water partition coefficient (Wildman–Crippen LogP) is 0.346. The van der Waals surface area contributed by atoms with Crippen molar-refractivity contribution < 1.29 is 19.4 Å². The van der Waals surface area contributed by atoms with Crippen LogP contribution in [0.5, 0.6) is 5.75 Å². The Hall–Kier alpha value is -1.25. The monoisotopic (exact) mass is 385 g/mol. The molecule has 1 atom stereocenters. The molecule has 1 aromatic rings. The van der Waals surface area contributed by atoms with Crippen molar-refractivity contribution in [3.63, 3.8) is 0 Å². The molecule has 23 heavy (non-hydrogen) atoms. The Kier molecular flexibility index (Phi) is 10.7. The molecule has 0 aliphatic carbocycles. The quantitative estimate of drug-likeness (QED) is 0.515. The summed E-state index contributed by atoms with van der Waals surface area (Å²) >= 11 is 11.8. The van der Waals surface area contributed by atoms with E-state index in [4.69, 9.17) is 33.7 Å². The molecule has 0 aliphatic heterocycles. The van der Waals surface area contributed by atoms with Gasteiger partial charge in [-0.3, -0.25) is 9.59 Å². The van der Waals surface area contributed by atoms with Gasteiger partial charge < -0.3 is 26.2 Å². The van der Waals surface area contributed by atoms with Gasteiger partial charge in [-0.15, -0.1) is 12.4 Å². The molecule has 5 N–H and O–H groups in total. The molecule has 0 fully saturated rings. The Balaban J connectivity index is 0.00000484. The summed E-state index contributed by atoms with van der Waals surface area (Å²) in [5.74, 6) is -0.536. The second-order valence-electron chi connectivity index (χ2n) is 4.30. The zero-order valence-corrected chi connectivity index (χ0v) is 14.4. The van der Waals surface area contributed by atoms with Crippen molar-refractivity contribution in [2.24, 2.45) is 5.73 Å². The number of rotatable bonds is 8. The lowest BCUT2D eigenvalue weighted by molar-refractivity contribution is -0.125. The van der Waals surface area contributed by atoms with Crippen LogP contribution in [0, 0.1) is 0 Å². The maximum Gasteiger partial charge on any atom is 0.239 e. The molecule has 1 unspecified atom stereocenters. The first-order valence-corrected chi connectivity index (χ1v) is 7.18. The maximum atomic E-state index is 11.4. The third-order valence-electron chi connectivity index (χ3n) is 2.51. The molecule has 0 aromatic heterocycles. The van der Waals surface area contributed by atoms with Crippen molar-refractivity contribution in [1.82, 2.24) is 10.6 Å². The van der Waals surface area contributed by atoms with Crippen LogP contribution in [0.25, 0.3) is 0 Å². The van der Waals surface area contributed by atoms with Crippen LogP contribution in [-0.4, -0.2) is 49.3 Å². The average Bonchev–Trinajstić information content (AvgIpc) is 2.51. The number of amides is 2. The minimum atomic E-state index is -0.941. The Bertz CT molecular complexity index is 531. The van der Waals surface area contributed by atoms with E-state index in [1.165, 1.54) is 0 Å². The average molecular weight is 387 g/mol. The number of hydrogen-bond donors (Lipinski definition) is 4. The van der Waals surface area contributed by atoms with Gasteiger partial charge in [-0.05, 0) is 12.1 Å². The molecule has 0 saturated heterocycles. The van der Waals surface area contributed by atoms with E-state index >= 15 is 0 Å². The van der Waals surface area contributed by atoms with Crippen molar-refractivity contribution in [3.05, 3.63) is 28.2 Å². The lowest BCUT2D eigenvalue weighted by atomic mass is 10.3. The van der Waals surface area contributed by atoms with Crippen molar-refractivity contribution in [2.45, 2.75) is 6.10 Å². The molecule has 1 rings (SSSR count). The van der Waals surface area contributed by atoms with Crippen LogP contribution >= 0.6 is 35.6 Å². The third-order valence-corrected chi connectivity index (χ3v) is 3.32. The van der Waals surface area contributed by atoms with Crippen molar-refractivity contribution in [3.8, 4) is 5.75 Å². The summed E-state index contributed by atoms with van der Waals surface area (Å²) in [6.45, 7) is -0.501. The molecule has 130 valence electrons. The Morgan fingerprint density at radius 2 is 1.96 bits per heavy atom. The topological polar surface area (TPSA) is 114 Å². The summed E-state index contributed by atoms with van der Waals surface area (Å²) in [6.07, 6.45) is -0.941. The highest BCUT2D eigenvalue weighted by Crippen LogP contribution is 2.31. The molecule has 0 radical (unpaired) electrons. The second-order valence-corrected chi connectivity index (χ2v) is 5.09. The number of hydrogen-bond acceptors (Lipinski definition) is 5. The van der Waals surface area contributed by atoms with E-state index in [-0.39, 0.29) is 43.7 Å². The molecule has 1 aromatic carbocycles. The van der Waals surface area contributed by atoms with E-state index in [1.807, 2.05) is 0 Å². The van der Waals surface area contributed by atoms with Gasteiger partial charge in [0.1, 0.15) is 23.5 Å². The van der Waals surface area contributed by atoms with Crippen molar-refractivity contribution >= 4 is 47.4 Å². The van der Waals surface area contributed by atoms with Gasteiger partial charge in [0.2, 0.25) is 11.8 Å². The summed E-state index contributed by atoms with van der Waals surface area (Å²) in [6, 6.07) is 4.89. The lowest BCUT2D eigenvalue weighted by Gasteiger charge is -2.14. The number of nitrogens with one attached hydrogen (secondary N) is 2. The van der Waals surface area contributed by atoms with Gasteiger partial charge >= 0.3 is 0 Å². The van der Waals surface area contributed by atoms with Gasteiger partial charge in [-0.1, -0.05) is 29.3 Å². The van der Waals surface area contributed by atoms with Crippen LogP contribution in [0.2, 0.25) is 10.0 Å². The minimum Gasteiger partial charge on any atom is -0.489 e. The first-order valence-electron chi connectivity index (χ1n) is 6.42. The van der Waals surface area contributed by atoms with Gasteiger partial charge in [0, 0.05) is 6.54 Å². The first-order chi connectivity index (χ1) is 10.4. The zero-order valence-electron chi connectivity index (χ0n) is 12.1. The van der Waals surface area contributed by atoms with E-state index in [0.29, 0.717) is 10.8 Å². The molecule has 0 heterocycles. The van der Waals surface area contributed by atoms with Crippen molar-refractivity contribution in [2.75, 3.05) is 26.2 Å². The number of carbonyl (C=O) groups is 2. The molecule has 0 bridgehead atoms. The number of halogens is 3. The number of benzene rings is 1. The molecule has 2 amide bonds. The van der Waals surface area contributed by atoms with E-state index in [2.05, 4.69) is 10.6 Å². The standard InChI is InChI=1S/C13H17Cl2N3O4.ClH/c14-9-2-1-3-10(13(9)15)22-7-8(19)5-17-12(21)6-18-11(20)4-16;/h1-3,8,19H,4-7,16H2,(H,17,21)(H,18,20);1H. The van der Waals surface area contributed by atoms with E-state index in [9.17, 15) is 14.7 Å². The van der Waals surface area contributed by atoms with Crippen LogP contribution in [0.4, 0.5) is 0 Å². The Morgan fingerprint density at radius 3 is 2.61 bits per heavy atom. The van der Waals surface area contributed by atoms with E-state index < -0.39 is 17.9 Å². The van der Waals surface area contributed by atoms with Crippen LogP contribution in [0.3, 0.4) is 0 Å². The van der Waals surface area contributed by atoms with Crippen LogP contribution in [0.1, 0.15) is 0 Å². The first kappa shape index (κ1) is 21.8. The molecule has 7 nitrogen and oxygen atoms in total. The fourth-order valence-electron chi connectivity index (χ4n) is 1.39. The molecule has 10 heteroatoms. The number of nitrogens with two attached hydrogens (primary N) is 1. The number of carbonyl (C=O) groups excluding carboxylic acids is 2. The van der Waals surface area contributed by atoms with Gasteiger partial charge in [0.15, 0.2) is 0 Å². The summed E-state index contributed by atoms with van der Waals surface area (Å²) in [5, 5.41) is 15.1. The minimum absolute atomic E-state index is 0. The number of aliphatic hydroxyl groups excluding tert-OH is 1. The van der Waals surface area contributed by atoms with Gasteiger partial charge in [-0.2, -0.15) is 0 Å². The van der Waals surface area contributed by atoms with Gasteiger partial charge in [-0.25, -0.2) is 0 Å². The second kappa shape index (κ2) is 11.3. The summed E-state index contributed by atoms with van der Waals surface area (Å²) in [7, 11) is 0. The number of aliphatic hydroxyl groups is 1. The fourth-order valence-corrected chi connectivity index (χ4v) is 1.73. The van der Waals surface area contributed by atoms with Crippen molar-refractivity contribution in [1.29, 1.82) is 0 Å². The summed E-state index contributed by atoms with van der Waals surface area (Å²) in [4.78, 5) is 22.2. The zero-order chi connectivity index (χ0) is 16.5. The maximum absolute atomic E-state index is 11.4. The smallest absolute Gasteiger partial charge is 0.239 e. The molecule has 0 aliphatic rings. The Morgan fingerprint density at radius 1 is 1.26 bits per heavy atom. The molecular weight excluding hydrogens is 369 g/mol. The number of ether oxygens (including phenoxy) is 1. The van der Waals surface area contributed by atoms with Gasteiger partial charge in [0.05, 0.1) is 18.1 Å². The third kappa shape index (κ3) is 8.24. The van der Waals surface area contributed by atoms with Crippen LogP contribution < -0.4 is 21.1 Å². The van der Waals surface area contributed by atoms with E-state index in [1.54, 1.807) is 18.2 Å². The Labute approximate surface area is 149 Å². The highest BCUT2D eigenvalue weighted by Gasteiger charge is 2.11. The fraction of sp³-hybridized carbons (Fsp3) is 0.385. The molecule has 0 spiro atoms. The largest absolute Gasteiger partial charge is 0.489 e. The van der Waals surface area contributed by atoms with Gasteiger partial charge in [0.25, 0.3) is 0 Å². The SMILES string of the molecule is Cl.NCC(=O)NCC(=O)NCC(O)COc1cccc(Cl)c1Cl. The van der Waals surface area contributed by atoms with Crippen LogP contribution in [0.15, 0.2) is 18.2 Å².